The molecule has 0 saturated heterocycles. The van der Waals surface area contributed by atoms with E-state index >= 15 is 0 Å². The van der Waals surface area contributed by atoms with Crippen molar-refractivity contribution in [2.45, 2.75) is 0 Å². The first-order valence-electron chi connectivity index (χ1n) is 4.85. The molecule has 0 spiro atoms. The van der Waals surface area contributed by atoms with Gasteiger partial charge in [-0.3, -0.25) is 15.0 Å². The summed E-state index contributed by atoms with van der Waals surface area (Å²) in [7, 11) is 0. The van der Waals surface area contributed by atoms with Crippen LogP contribution < -0.4 is 0 Å². The molecule has 3 heterocycles. The lowest BCUT2D eigenvalue weighted by Crippen LogP contribution is -1.66. The fraction of sp³-hybridized carbons (Fsp3) is 0. The van der Waals surface area contributed by atoms with Crippen molar-refractivity contribution in [2.24, 2.45) is 0 Å². The number of rotatable bonds is 0. The molecule has 0 saturated carbocycles. The lowest BCUT2D eigenvalue weighted by atomic mass is 10.5. The molecule has 3 aromatic heterocycles. The summed E-state index contributed by atoms with van der Waals surface area (Å²) in [4.78, 5) is 11.2. The average molecular weight is 228 g/mol. The van der Waals surface area contributed by atoms with E-state index in [9.17, 15) is 0 Å². The number of H-pyrrole nitrogens is 1. The Labute approximate surface area is 98.8 Å². The molecule has 0 radical (unpaired) electrons. The topological polar surface area (TPSA) is 80.2 Å². The number of aromatic nitrogens is 6. The van der Waals surface area contributed by atoms with E-state index in [1.165, 1.54) is 0 Å². The van der Waals surface area contributed by atoms with Crippen molar-refractivity contribution in [2.75, 3.05) is 0 Å². The molecule has 0 aromatic carbocycles. The van der Waals surface area contributed by atoms with E-state index in [0.717, 1.165) is 0 Å². The minimum atomic E-state index is 1.58. The molecule has 3 aromatic rings. The van der Waals surface area contributed by atoms with Crippen LogP contribution in [0.1, 0.15) is 0 Å². The van der Waals surface area contributed by atoms with Crippen LogP contribution in [-0.4, -0.2) is 30.4 Å². The van der Waals surface area contributed by atoms with Gasteiger partial charge in [-0.25, -0.2) is 0 Å². The van der Waals surface area contributed by atoms with Gasteiger partial charge >= 0.3 is 0 Å². The summed E-state index contributed by atoms with van der Waals surface area (Å²) >= 11 is 0. The maximum absolute atomic E-state index is 3.78. The monoisotopic (exact) mass is 228 g/mol. The molecule has 0 amide bonds. The predicted molar refractivity (Wildman–Crippen MR) is 62.7 cm³/mol. The standard InChI is InChI=1S/C5H5N.C4H4N2.C2H3N3/c1-2-4-6-5-3-1;1-2-6-4-3-5-1;1-2-4-5-3-1/h1-5H;1-4H;1-2H,(H,3,4,5). The molecule has 0 atom stereocenters. The minimum absolute atomic E-state index is 1.58. The Hall–Kier alpha value is -2.63. The summed E-state index contributed by atoms with van der Waals surface area (Å²) < 4.78 is 0. The van der Waals surface area contributed by atoms with E-state index in [2.05, 4.69) is 30.4 Å². The van der Waals surface area contributed by atoms with Gasteiger partial charge in [0, 0.05) is 37.2 Å². The summed E-state index contributed by atoms with van der Waals surface area (Å²) in [6, 6.07) is 5.72. The highest BCUT2D eigenvalue weighted by Gasteiger charge is 1.59. The first kappa shape index (κ1) is 12.4. The Morgan fingerprint density at radius 3 is 1.12 bits per heavy atom. The predicted octanol–water partition coefficient (Wildman–Crippen LogP) is 1.36. The first-order valence-corrected chi connectivity index (χ1v) is 4.85. The molecular weight excluding hydrogens is 216 g/mol. The second-order valence-corrected chi connectivity index (χ2v) is 2.58. The molecule has 0 unspecified atom stereocenters. The zero-order chi connectivity index (χ0) is 12.0. The van der Waals surface area contributed by atoms with Crippen molar-refractivity contribution in [3.63, 3.8) is 0 Å². The van der Waals surface area contributed by atoms with Gasteiger partial charge in [0.2, 0.25) is 0 Å². The largest absolute Gasteiger partial charge is 0.265 e. The van der Waals surface area contributed by atoms with Crippen molar-refractivity contribution < 1.29 is 0 Å². The molecule has 17 heavy (non-hydrogen) atoms. The van der Waals surface area contributed by atoms with E-state index in [1.807, 2.05) is 18.2 Å². The van der Waals surface area contributed by atoms with Crippen molar-refractivity contribution in [3.05, 3.63) is 67.8 Å². The van der Waals surface area contributed by atoms with Gasteiger partial charge in [-0.15, -0.1) is 0 Å². The summed E-state index contributed by atoms with van der Waals surface area (Å²) in [5, 5.41) is 9.33. The zero-order valence-corrected chi connectivity index (χ0v) is 9.09. The lowest BCUT2D eigenvalue weighted by Gasteiger charge is -1.70. The molecule has 0 bridgehead atoms. The van der Waals surface area contributed by atoms with Crippen molar-refractivity contribution in [3.8, 4) is 0 Å². The highest BCUT2D eigenvalue weighted by molar-refractivity contribution is 4.88. The van der Waals surface area contributed by atoms with Gasteiger partial charge in [-0.05, 0) is 12.1 Å². The van der Waals surface area contributed by atoms with Gasteiger partial charge in [0.05, 0.1) is 12.4 Å². The number of nitrogens with one attached hydrogen (secondary N) is 1. The zero-order valence-electron chi connectivity index (χ0n) is 9.09. The van der Waals surface area contributed by atoms with Gasteiger partial charge in [0.15, 0.2) is 0 Å². The molecule has 0 fully saturated rings. The van der Waals surface area contributed by atoms with E-state index in [4.69, 9.17) is 0 Å². The van der Waals surface area contributed by atoms with E-state index in [-0.39, 0.29) is 0 Å². The molecule has 86 valence electrons. The number of aromatic amines is 1. The summed E-state index contributed by atoms with van der Waals surface area (Å²) in [6.07, 6.45) is 13.2. The molecule has 0 aliphatic carbocycles. The summed E-state index contributed by atoms with van der Waals surface area (Å²) in [5.41, 5.74) is 0. The van der Waals surface area contributed by atoms with Gasteiger partial charge in [0.1, 0.15) is 0 Å². The number of hydrogen-bond donors (Lipinski definition) is 1. The van der Waals surface area contributed by atoms with Crippen molar-refractivity contribution in [1.29, 1.82) is 0 Å². The Balaban J connectivity index is 0.000000128. The van der Waals surface area contributed by atoms with Gasteiger partial charge in [0.25, 0.3) is 0 Å². The van der Waals surface area contributed by atoms with Gasteiger partial charge in [-0.1, -0.05) is 6.07 Å². The van der Waals surface area contributed by atoms with Crippen molar-refractivity contribution >= 4 is 0 Å². The smallest absolute Gasteiger partial charge is 0.0690 e. The average Bonchev–Trinajstić information content (AvgIpc) is 3.03. The van der Waals surface area contributed by atoms with Crippen LogP contribution >= 0.6 is 0 Å². The van der Waals surface area contributed by atoms with Crippen LogP contribution in [0.4, 0.5) is 0 Å². The molecule has 1 N–H and O–H groups in total. The maximum Gasteiger partial charge on any atom is 0.0690 e. The third-order valence-electron chi connectivity index (χ3n) is 1.38. The van der Waals surface area contributed by atoms with Gasteiger partial charge < -0.3 is 0 Å². The van der Waals surface area contributed by atoms with Crippen LogP contribution in [0.3, 0.4) is 0 Å². The third kappa shape index (κ3) is 8.37. The first-order chi connectivity index (χ1) is 8.50. The third-order valence-corrected chi connectivity index (χ3v) is 1.38. The highest BCUT2D eigenvalue weighted by Crippen LogP contribution is 1.73. The Bertz CT molecular complexity index is 326. The number of nitrogens with zero attached hydrogens (tertiary/aromatic N) is 5. The molecule has 6 nitrogen and oxygen atoms in total. The van der Waals surface area contributed by atoms with Crippen LogP contribution in [0.5, 0.6) is 0 Å². The molecule has 0 aliphatic heterocycles. The lowest BCUT2D eigenvalue weighted by molar-refractivity contribution is 0.940. The van der Waals surface area contributed by atoms with Crippen LogP contribution in [-0.2, 0) is 0 Å². The van der Waals surface area contributed by atoms with Crippen LogP contribution in [0.15, 0.2) is 67.8 Å². The Kier molecular flexibility index (Phi) is 7.25. The fourth-order valence-corrected chi connectivity index (χ4v) is 0.733. The van der Waals surface area contributed by atoms with Crippen LogP contribution in [0.25, 0.3) is 0 Å². The van der Waals surface area contributed by atoms with Crippen LogP contribution in [0, 0.1) is 0 Å². The molecule has 3 rings (SSSR count). The van der Waals surface area contributed by atoms with E-state index in [1.54, 1.807) is 49.6 Å². The SMILES string of the molecule is c1ccncc1.c1cn[nH]n1.c1cnccn1. The number of hydrogen-bond acceptors (Lipinski definition) is 5. The second kappa shape index (κ2) is 9.91. The fourth-order valence-electron chi connectivity index (χ4n) is 0.733. The number of pyridine rings is 1. The van der Waals surface area contributed by atoms with E-state index < -0.39 is 0 Å². The quantitative estimate of drug-likeness (QED) is 0.628. The molecule has 0 aliphatic rings. The Morgan fingerprint density at radius 2 is 0.941 bits per heavy atom. The summed E-state index contributed by atoms with van der Waals surface area (Å²) in [5.74, 6) is 0. The summed E-state index contributed by atoms with van der Waals surface area (Å²) in [6.45, 7) is 0. The van der Waals surface area contributed by atoms with Gasteiger partial charge in [-0.2, -0.15) is 15.4 Å². The van der Waals surface area contributed by atoms with Crippen LogP contribution in [0.2, 0.25) is 0 Å². The highest BCUT2D eigenvalue weighted by atomic mass is 15.3. The molecule has 6 heteroatoms. The Morgan fingerprint density at radius 1 is 0.471 bits per heavy atom. The van der Waals surface area contributed by atoms with E-state index in [0.29, 0.717) is 0 Å². The minimum Gasteiger partial charge on any atom is -0.265 e. The molecular formula is C11H12N6. The second-order valence-electron chi connectivity index (χ2n) is 2.58. The maximum atomic E-state index is 3.78. The normalized spacial score (nSPS) is 8.00. The van der Waals surface area contributed by atoms with Crippen molar-refractivity contribution in [1.82, 2.24) is 30.4 Å².